The highest BCUT2D eigenvalue weighted by Gasteiger charge is 2.20. The topological polar surface area (TPSA) is 77.1 Å². The van der Waals surface area contributed by atoms with Crippen LogP contribution in [0.5, 0.6) is 5.75 Å². The number of benzene rings is 2. The van der Waals surface area contributed by atoms with E-state index in [9.17, 15) is 19.1 Å². The molecule has 0 aromatic heterocycles. The van der Waals surface area contributed by atoms with E-state index in [1.54, 1.807) is 69.3 Å². The molecule has 0 atom stereocenters. The van der Waals surface area contributed by atoms with Gasteiger partial charge in [-0.15, -0.1) is 0 Å². The number of halogens is 2. The summed E-state index contributed by atoms with van der Waals surface area (Å²) in [5, 5.41) is 27.7. The summed E-state index contributed by atoms with van der Waals surface area (Å²) >= 11 is 0. The first-order valence-corrected chi connectivity index (χ1v) is 8.68. The van der Waals surface area contributed by atoms with Crippen LogP contribution in [-0.2, 0) is 5.60 Å². The maximum Gasteiger partial charge on any atom is 0.272 e. The molecule has 0 spiro atoms. The molecule has 0 saturated carbocycles. The first-order valence-electron chi connectivity index (χ1n) is 8.68. The van der Waals surface area contributed by atoms with Gasteiger partial charge in [-0.2, -0.15) is 5.26 Å². The van der Waals surface area contributed by atoms with Crippen molar-refractivity contribution >= 4 is 11.3 Å². The molecule has 4 nitrogen and oxygen atoms in total. The molecule has 2 aromatic carbocycles. The third-order valence-corrected chi connectivity index (χ3v) is 4.04. The number of nitrogens with zero attached hydrogens (tertiary/aromatic N) is 1. The van der Waals surface area contributed by atoms with Crippen LogP contribution in [0, 0.1) is 16.7 Å². The van der Waals surface area contributed by atoms with Crippen molar-refractivity contribution in [3.63, 3.8) is 0 Å². The second kappa shape index (κ2) is 8.77. The van der Waals surface area contributed by atoms with Gasteiger partial charge in [-0.25, -0.2) is 8.78 Å². The van der Waals surface area contributed by atoms with Crippen LogP contribution in [0.25, 0.3) is 5.57 Å². The van der Waals surface area contributed by atoms with Crippen LogP contribution < -0.4 is 4.74 Å². The zero-order chi connectivity index (χ0) is 20.9. The molecule has 0 unspecified atom stereocenters. The van der Waals surface area contributed by atoms with E-state index < -0.39 is 18.6 Å². The third kappa shape index (κ3) is 5.24. The molecule has 2 rings (SSSR count). The largest absolute Gasteiger partial charge is 0.487 e. The van der Waals surface area contributed by atoms with Gasteiger partial charge in [0.15, 0.2) is 0 Å². The fraction of sp³-hybridized carbons (Fsp3) is 0.273. The summed E-state index contributed by atoms with van der Waals surface area (Å²) in [6.45, 7) is 4.07. The van der Waals surface area contributed by atoms with Gasteiger partial charge >= 0.3 is 0 Å². The van der Waals surface area contributed by atoms with Gasteiger partial charge in [0.2, 0.25) is 0 Å². The number of aliphatic hydroxyl groups is 1. The molecule has 0 aliphatic heterocycles. The number of nitrogens with one attached hydrogen (secondary N) is 1. The molecule has 28 heavy (non-hydrogen) atoms. The molecule has 0 radical (unpaired) electrons. The van der Waals surface area contributed by atoms with E-state index in [1.807, 2.05) is 0 Å². The highest BCUT2D eigenvalue weighted by Crippen LogP contribution is 2.34. The minimum Gasteiger partial charge on any atom is -0.487 e. The Bertz CT molecular complexity index is 938. The van der Waals surface area contributed by atoms with E-state index >= 15 is 0 Å². The number of alkyl halides is 2. The first kappa shape index (κ1) is 21.3. The van der Waals surface area contributed by atoms with Crippen LogP contribution in [0.2, 0.25) is 0 Å². The van der Waals surface area contributed by atoms with E-state index in [0.29, 0.717) is 27.8 Å². The fourth-order valence-electron chi connectivity index (χ4n) is 2.74. The zero-order valence-corrected chi connectivity index (χ0v) is 16.0. The number of hydrogen-bond donors (Lipinski definition) is 2. The second-order valence-corrected chi connectivity index (χ2v) is 6.87. The number of ether oxygens (including phenoxy) is 1. The Kier molecular flexibility index (Phi) is 6.66. The Morgan fingerprint density at radius 1 is 1.25 bits per heavy atom. The van der Waals surface area contributed by atoms with Gasteiger partial charge in [0.05, 0.1) is 17.2 Å². The van der Waals surface area contributed by atoms with Crippen LogP contribution in [0.1, 0.15) is 43.0 Å². The fourth-order valence-corrected chi connectivity index (χ4v) is 2.74. The highest BCUT2D eigenvalue weighted by molar-refractivity contribution is 6.02. The van der Waals surface area contributed by atoms with Gasteiger partial charge in [-0.05, 0) is 50.1 Å². The van der Waals surface area contributed by atoms with Gasteiger partial charge in [-0.1, -0.05) is 30.3 Å². The van der Waals surface area contributed by atoms with Crippen molar-refractivity contribution in [1.29, 1.82) is 10.7 Å². The van der Waals surface area contributed by atoms with Crippen LogP contribution in [0.15, 0.2) is 48.5 Å². The minimum absolute atomic E-state index is 0.231. The van der Waals surface area contributed by atoms with Gasteiger partial charge in [0.25, 0.3) is 6.43 Å². The van der Waals surface area contributed by atoms with Gasteiger partial charge in [0.1, 0.15) is 12.4 Å². The van der Waals surface area contributed by atoms with E-state index in [2.05, 4.69) is 6.07 Å². The first-order chi connectivity index (χ1) is 13.1. The summed E-state index contributed by atoms with van der Waals surface area (Å²) in [4.78, 5) is 0. The Labute approximate surface area is 163 Å². The lowest BCUT2D eigenvalue weighted by Gasteiger charge is -2.20. The molecule has 2 aromatic rings. The summed E-state index contributed by atoms with van der Waals surface area (Å²) in [5.74, 6) is 0.241. The van der Waals surface area contributed by atoms with E-state index in [0.717, 1.165) is 0 Å². The molecular formula is C22H22F2N2O2. The molecule has 0 fully saturated rings. The van der Waals surface area contributed by atoms with Crippen molar-refractivity contribution < 1.29 is 18.6 Å². The average molecular weight is 384 g/mol. The van der Waals surface area contributed by atoms with Gasteiger partial charge in [-0.3, -0.25) is 0 Å². The molecule has 0 aliphatic carbocycles. The van der Waals surface area contributed by atoms with Crippen molar-refractivity contribution in [2.24, 2.45) is 0 Å². The average Bonchev–Trinajstić information content (AvgIpc) is 2.63. The van der Waals surface area contributed by atoms with Crippen LogP contribution in [0.3, 0.4) is 0 Å². The summed E-state index contributed by atoms with van der Waals surface area (Å²) in [6.07, 6.45) is -1.06. The van der Waals surface area contributed by atoms with Crippen molar-refractivity contribution in [2.75, 3.05) is 6.61 Å². The Morgan fingerprint density at radius 3 is 2.50 bits per heavy atom. The zero-order valence-electron chi connectivity index (χ0n) is 16.0. The Morgan fingerprint density at radius 2 is 1.93 bits per heavy atom. The van der Waals surface area contributed by atoms with E-state index in [1.165, 1.54) is 0 Å². The molecule has 0 saturated heterocycles. The third-order valence-electron chi connectivity index (χ3n) is 4.04. The van der Waals surface area contributed by atoms with Crippen molar-refractivity contribution in [3.8, 4) is 11.8 Å². The molecule has 0 heterocycles. The normalized spacial score (nSPS) is 12.0. The van der Waals surface area contributed by atoms with Crippen molar-refractivity contribution in [3.05, 3.63) is 70.8 Å². The lowest BCUT2D eigenvalue weighted by Crippen LogP contribution is -2.16. The minimum atomic E-state index is -2.62. The van der Waals surface area contributed by atoms with E-state index in [-0.39, 0.29) is 11.5 Å². The molecule has 6 heteroatoms. The molecule has 0 amide bonds. The lowest BCUT2D eigenvalue weighted by molar-refractivity contribution is 0.0785. The van der Waals surface area contributed by atoms with Crippen LogP contribution in [-0.4, -0.2) is 23.9 Å². The molecule has 0 aliphatic rings. The van der Waals surface area contributed by atoms with Crippen molar-refractivity contribution in [1.82, 2.24) is 0 Å². The second-order valence-electron chi connectivity index (χ2n) is 6.87. The molecule has 2 N–H and O–H groups in total. The Hall–Kier alpha value is -3.04. The van der Waals surface area contributed by atoms with Crippen LogP contribution in [0.4, 0.5) is 8.78 Å². The summed E-state index contributed by atoms with van der Waals surface area (Å²) < 4.78 is 30.5. The van der Waals surface area contributed by atoms with Crippen molar-refractivity contribution in [2.45, 2.75) is 32.8 Å². The number of allylic oxidation sites excluding steroid dienone is 1. The SMILES string of the molecule is CC(=N)/C=C(/c1ccc(C(C)(C)O)cc1C#N)c1ccccc1OCC(F)F. The quantitative estimate of drug-likeness (QED) is 0.667. The maximum atomic E-state index is 12.6. The number of nitriles is 1. The monoisotopic (exact) mass is 384 g/mol. The Balaban J connectivity index is 2.65. The highest BCUT2D eigenvalue weighted by atomic mass is 19.3. The lowest BCUT2D eigenvalue weighted by atomic mass is 9.88. The predicted octanol–water partition coefficient (Wildman–Crippen LogP) is 4.90. The van der Waals surface area contributed by atoms with E-state index in [4.69, 9.17) is 10.1 Å². The summed E-state index contributed by atoms with van der Waals surface area (Å²) in [5.41, 5.74) is 1.52. The van der Waals surface area contributed by atoms with Crippen LogP contribution >= 0.6 is 0 Å². The maximum absolute atomic E-state index is 12.6. The predicted molar refractivity (Wildman–Crippen MR) is 105 cm³/mol. The summed E-state index contributed by atoms with van der Waals surface area (Å²) in [6, 6.07) is 13.8. The van der Waals surface area contributed by atoms with Gasteiger partial charge in [0, 0.05) is 16.8 Å². The standard InChI is InChI=1S/C22H22F2N2O2/c1-14(26)10-19(18-6-4-5-7-20(18)28-13-21(23)24)17-9-8-16(22(2,3)27)11-15(17)12-25/h4-11,21,26-27H,13H2,1-3H3/b19-10-,26-14?. The molecular weight excluding hydrogens is 362 g/mol. The van der Waals surface area contributed by atoms with Gasteiger partial charge < -0.3 is 15.3 Å². The summed E-state index contributed by atoms with van der Waals surface area (Å²) in [7, 11) is 0. The number of hydrogen-bond acceptors (Lipinski definition) is 4. The molecule has 0 bridgehead atoms. The smallest absolute Gasteiger partial charge is 0.272 e. The molecule has 146 valence electrons. The number of rotatable bonds is 7. The number of para-hydroxylation sites is 1.